The maximum Gasteiger partial charge on any atom is 0.240 e. The largest absolute Gasteiger partial charge is 0.382 e. The molecule has 1 heterocycles. The lowest BCUT2D eigenvalue weighted by Crippen LogP contribution is -2.26. The average molecular weight is 316 g/mol. The van der Waals surface area contributed by atoms with Gasteiger partial charge in [-0.05, 0) is 49.1 Å². The first-order chi connectivity index (χ1) is 10.5. The number of nitrogens with one attached hydrogen (secondary N) is 2. The van der Waals surface area contributed by atoms with E-state index in [1.54, 1.807) is 12.1 Å². The SMILES string of the molecule is C[C@@H]1Cc2cc(S(=O)(=O)NCCc3ccccc3)ccc2N1. The van der Waals surface area contributed by atoms with Crippen molar-refractivity contribution in [3.8, 4) is 0 Å². The zero-order valence-corrected chi connectivity index (χ0v) is 13.4. The third kappa shape index (κ3) is 3.31. The van der Waals surface area contributed by atoms with E-state index >= 15 is 0 Å². The number of fused-ring (bicyclic) bond motifs is 1. The van der Waals surface area contributed by atoms with E-state index in [1.807, 2.05) is 36.4 Å². The van der Waals surface area contributed by atoms with E-state index in [9.17, 15) is 8.42 Å². The Morgan fingerprint density at radius 1 is 1.18 bits per heavy atom. The van der Waals surface area contributed by atoms with Crippen LogP contribution in [0.2, 0.25) is 0 Å². The van der Waals surface area contributed by atoms with Gasteiger partial charge in [0, 0.05) is 18.3 Å². The van der Waals surface area contributed by atoms with Crippen LogP contribution in [0.3, 0.4) is 0 Å². The van der Waals surface area contributed by atoms with E-state index in [4.69, 9.17) is 0 Å². The van der Waals surface area contributed by atoms with Crippen molar-refractivity contribution in [3.63, 3.8) is 0 Å². The molecule has 3 rings (SSSR count). The number of sulfonamides is 1. The quantitative estimate of drug-likeness (QED) is 0.891. The van der Waals surface area contributed by atoms with E-state index in [2.05, 4.69) is 17.0 Å². The van der Waals surface area contributed by atoms with Crippen LogP contribution < -0.4 is 10.0 Å². The van der Waals surface area contributed by atoms with Crippen molar-refractivity contribution in [1.29, 1.82) is 0 Å². The molecule has 0 amide bonds. The summed E-state index contributed by atoms with van der Waals surface area (Å²) in [5.74, 6) is 0. The molecular weight excluding hydrogens is 296 g/mol. The van der Waals surface area contributed by atoms with Crippen molar-refractivity contribution < 1.29 is 8.42 Å². The van der Waals surface area contributed by atoms with Gasteiger partial charge in [0.2, 0.25) is 10.0 Å². The molecule has 0 aromatic heterocycles. The van der Waals surface area contributed by atoms with Crippen LogP contribution >= 0.6 is 0 Å². The van der Waals surface area contributed by atoms with E-state index in [0.717, 1.165) is 23.2 Å². The lowest BCUT2D eigenvalue weighted by atomic mass is 10.1. The van der Waals surface area contributed by atoms with E-state index < -0.39 is 10.0 Å². The van der Waals surface area contributed by atoms with Gasteiger partial charge in [-0.1, -0.05) is 30.3 Å². The smallest absolute Gasteiger partial charge is 0.240 e. The Bertz CT molecular complexity index is 757. The van der Waals surface area contributed by atoms with E-state index in [0.29, 0.717) is 23.9 Å². The minimum atomic E-state index is -3.45. The summed E-state index contributed by atoms with van der Waals surface area (Å²) >= 11 is 0. The summed E-state index contributed by atoms with van der Waals surface area (Å²) in [6.45, 7) is 2.49. The van der Waals surface area contributed by atoms with Gasteiger partial charge in [0.1, 0.15) is 0 Å². The van der Waals surface area contributed by atoms with Crippen LogP contribution in [0.5, 0.6) is 0 Å². The lowest BCUT2D eigenvalue weighted by Gasteiger charge is -2.08. The van der Waals surface area contributed by atoms with Crippen LogP contribution in [-0.2, 0) is 22.9 Å². The monoisotopic (exact) mass is 316 g/mol. The lowest BCUT2D eigenvalue weighted by molar-refractivity contribution is 0.581. The van der Waals surface area contributed by atoms with Gasteiger partial charge in [-0.3, -0.25) is 0 Å². The topological polar surface area (TPSA) is 58.2 Å². The van der Waals surface area contributed by atoms with Gasteiger partial charge in [0.05, 0.1) is 4.90 Å². The van der Waals surface area contributed by atoms with Crippen molar-refractivity contribution in [1.82, 2.24) is 4.72 Å². The van der Waals surface area contributed by atoms with Gasteiger partial charge in [0.25, 0.3) is 0 Å². The Labute approximate surface area is 131 Å². The van der Waals surface area contributed by atoms with Crippen LogP contribution in [0.25, 0.3) is 0 Å². The van der Waals surface area contributed by atoms with Crippen molar-refractivity contribution in [2.45, 2.75) is 30.7 Å². The van der Waals surface area contributed by atoms with Crippen LogP contribution in [0.4, 0.5) is 5.69 Å². The Morgan fingerprint density at radius 2 is 1.95 bits per heavy atom. The number of anilines is 1. The summed E-state index contributed by atoms with van der Waals surface area (Å²) in [5.41, 5.74) is 3.23. The molecule has 0 aliphatic carbocycles. The van der Waals surface area contributed by atoms with Crippen LogP contribution in [0.15, 0.2) is 53.4 Å². The normalized spacial score (nSPS) is 17.0. The second-order valence-electron chi connectivity index (χ2n) is 5.70. The molecule has 0 saturated carbocycles. The van der Waals surface area contributed by atoms with Gasteiger partial charge >= 0.3 is 0 Å². The summed E-state index contributed by atoms with van der Waals surface area (Å²) in [6, 6.07) is 15.5. The summed E-state index contributed by atoms with van der Waals surface area (Å²) in [7, 11) is -3.45. The van der Waals surface area contributed by atoms with Gasteiger partial charge in [-0.15, -0.1) is 0 Å². The molecule has 0 radical (unpaired) electrons. The van der Waals surface area contributed by atoms with Crippen molar-refractivity contribution in [3.05, 3.63) is 59.7 Å². The third-order valence-electron chi connectivity index (χ3n) is 3.86. The predicted molar refractivity (Wildman–Crippen MR) is 88.6 cm³/mol. The van der Waals surface area contributed by atoms with Crippen LogP contribution in [0, 0.1) is 0 Å². The van der Waals surface area contributed by atoms with Gasteiger partial charge in [-0.25, -0.2) is 13.1 Å². The molecule has 5 heteroatoms. The molecule has 22 heavy (non-hydrogen) atoms. The van der Waals surface area contributed by atoms with Crippen molar-refractivity contribution in [2.75, 3.05) is 11.9 Å². The highest BCUT2D eigenvalue weighted by Gasteiger charge is 2.20. The summed E-state index contributed by atoms with van der Waals surface area (Å²) in [6.07, 6.45) is 1.55. The highest BCUT2D eigenvalue weighted by molar-refractivity contribution is 7.89. The van der Waals surface area contributed by atoms with E-state index in [-0.39, 0.29) is 0 Å². The molecule has 0 saturated heterocycles. The zero-order valence-electron chi connectivity index (χ0n) is 12.5. The van der Waals surface area contributed by atoms with Crippen LogP contribution in [-0.4, -0.2) is 21.0 Å². The summed E-state index contributed by atoms with van der Waals surface area (Å²) < 4.78 is 27.4. The van der Waals surface area contributed by atoms with E-state index in [1.165, 1.54) is 0 Å². The standard InChI is InChI=1S/C17H20N2O2S/c1-13-11-15-12-16(7-8-17(15)19-13)22(20,21)18-10-9-14-5-3-2-4-6-14/h2-8,12-13,18-19H,9-11H2,1H3/t13-/m1/s1. The molecule has 4 nitrogen and oxygen atoms in total. The Morgan fingerprint density at radius 3 is 2.73 bits per heavy atom. The molecule has 1 aliphatic rings. The number of benzene rings is 2. The van der Waals surface area contributed by atoms with Gasteiger partial charge in [0.15, 0.2) is 0 Å². The highest BCUT2D eigenvalue weighted by atomic mass is 32.2. The minimum absolute atomic E-state index is 0.343. The molecular formula is C17H20N2O2S. The molecule has 0 bridgehead atoms. The molecule has 0 spiro atoms. The summed E-state index contributed by atoms with van der Waals surface area (Å²) in [4.78, 5) is 0.343. The number of hydrogen-bond donors (Lipinski definition) is 2. The molecule has 0 unspecified atom stereocenters. The fourth-order valence-electron chi connectivity index (χ4n) is 2.75. The summed E-state index contributed by atoms with van der Waals surface area (Å²) in [5, 5.41) is 3.33. The van der Waals surface area contributed by atoms with Gasteiger partial charge in [-0.2, -0.15) is 0 Å². The third-order valence-corrected chi connectivity index (χ3v) is 5.32. The molecule has 0 fully saturated rings. The highest BCUT2D eigenvalue weighted by Crippen LogP contribution is 2.27. The molecule has 2 aromatic rings. The molecule has 1 atom stereocenters. The fourth-order valence-corrected chi connectivity index (χ4v) is 3.83. The second kappa shape index (κ2) is 6.10. The first kappa shape index (κ1) is 15.1. The molecule has 116 valence electrons. The minimum Gasteiger partial charge on any atom is -0.382 e. The number of hydrogen-bond acceptors (Lipinski definition) is 3. The van der Waals surface area contributed by atoms with Crippen molar-refractivity contribution in [2.24, 2.45) is 0 Å². The molecule has 2 N–H and O–H groups in total. The Hall–Kier alpha value is -1.85. The average Bonchev–Trinajstić information content (AvgIpc) is 2.87. The number of rotatable bonds is 5. The van der Waals surface area contributed by atoms with Gasteiger partial charge < -0.3 is 5.32 Å². The maximum absolute atomic E-state index is 12.4. The maximum atomic E-state index is 12.4. The van der Waals surface area contributed by atoms with Crippen LogP contribution in [0.1, 0.15) is 18.1 Å². The predicted octanol–water partition coefficient (Wildman–Crippen LogP) is 2.56. The van der Waals surface area contributed by atoms with Crippen molar-refractivity contribution >= 4 is 15.7 Å². The Balaban J connectivity index is 1.67. The Kier molecular flexibility index (Phi) is 4.18. The first-order valence-corrected chi connectivity index (χ1v) is 8.96. The molecule has 1 aliphatic heterocycles. The first-order valence-electron chi connectivity index (χ1n) is 7.48. The fraction of sp³-hybridized carbons (Fsp3) is 0.294. The molecule has 2 aromatic carbocycles. The zero-order chi connectivity index (χ0) is 15.6. The second-order valence-corrected chi connectivity index (χ2v) is 7.47.